The molecule has 2 rings (SSSR count). The summed E-state index contributed by atoms with van der Waals surface area (Å²) in [5.74, 6) is -0.308. The lowest BCUT2D eigenvalue weighted by Crippen LogP contribution is -2.48. The third-order valence-electron chi connectivity index (χ3n) is 4.80. The van der Waals surface area contributed by atoms with E-state index in [0.29, 0.717) is 24.2 Å². The molecule has 1 aliphatic heterocycles. The number of amides is 3. The molecular weight excluding hydrogens is 336 g/mol. The number of imide groups is 1. The van der Waals surface area contributed by atoms with Gasteiger partial charge in [0, 0.05) is 0 Å². The summed E-state index contributed by atoms with van der Waals surface area (Å²) in [4.78, 5) is 39.1. The highest BCUT2D eigenvalue weighted by molar-refractivity contribution is 6.09. The minimum absolute atomic E-state index is 0.190. The van der Waals surface area contributed by atoms with Crippen molar-refractivity contribution in [1.82, 2.24) is 10.2 Å². The van der Waals surface area contributed by atoms with E-state index in [0.717, 1.165) is 10.5 Å². The summed E-state index contributed by atoms with van der Waals surface area (Å²) in [5.41, 5.74) is 0.322. The number of urea groups is 1. The second-order valence-corrected chi connectivity index (χ2v) is 6.22. The number of nitrogens with zero attached hydrogens (tertiary/aromatic N) is 1. The zero-order chi connectivity index (χ0) is 19.5. The van der Waals surface area contributed by atoms with Crippen LogP contribution in [0, 0.1) is 6.92 Å². The maximum Gasteiger partial charge on any atom is 0.329 e. The first-order chi connectivity index (χ1) is 12.4. The number of hydrogen-bond acceptors (Lipinski definition) is 5. The van der Waals surface area contributed by atoms with Gasteiger partial charge in [-0.15, -0.1) is 0 Å². The molecule has 2 atom stereocenters. The maximum atomic E-state index is 13.2. The van der Waals surface area contributed by atoms with Crippen LogP contribution in [0.1, 0.15) is 44.7 Å². The van der Waals surface area contributed by atoms with Crippen molar-refractivity contribution in [3.8, 4) is 5.75 Å². The summed E-state index contributed by atoms with van der Waals surface area (Å²) in [7, 11) is 1.58. The van der Waals surface area contributed by atoms with Crippen LogP contribution in [0.4, 0.5) is 4.79 Å². The van der Waals surface area contributed by atoms with Crippen molar-refractivity contribution in [2.45, 2.75) is 52.1 Å². The van der Waals surface area contributed by atoms with Gasteiger partial charge in [0.25, 0.3) is 5.91 Å². The fourth-order valence-corrected chi connectivity index (χ4v) is 3.35. The Kier molecular flexibility index (Phi) is 5.90. The highest BCUT2D eigenvalue weighted by Gasteiger charge is 2.54. The molecule has 0 bridgehead atoms. The van der Waals surface area contributed by atoms with Crippen molar-refractivity contribution in [3.05, 3.63) is 29.3 Å². The van der Waals surface area contributed by atoms with Crippen LogP contribution in [0.15, 0.2) is 18.2 Å². The molecule has 26 heavy (non-hydrogen) atoms. The molecule has 0 aliphatic carbocycles. The van der Waals surface area contributed by atoms with Crippen molar-refractivity contribution in [2.24, 2.45) is 0 Å². The standard InChI is InChI=1S/C19H26N2O5/c1-6-14(16(22)26-8-3)21-17(23)19(7-2,20-18(21)24)13-9-10-15(25-5)12(4)11-13/h9-11,14H,6-8H2,1-5H3,(H,20,24). The molecule has 1 saturated heterocycles. The van der Waals surface area contributed by atoms with Crippen LogP contribution in [0.5, 0.6) is 5.75 Å². The Morgan fingerprint density at radius 1 is 1.27 bits per heavy atom. The van der Waals surface area contributed by atoms with Gasteiger partial charge in [-0.25, -0.2) is 14.5 Å². The molecule has 0 spiro atoms. The molecule has 1 aromatic carbocycles. The summed E-state index contributed by atoms with van der Waals surface area (Å²) < 4.78 is 10.3. The zero-order valence-electron chi connectivity index (χ0n) is 15.9. The Balaban J connectivity index is 2.45. The van der Waals surface area contributed by atoms with Crippen molar-refractivity contribution in [1.29, 1.82) is 0 Å². The highest BCUT2D eigenvalue weighted by Crippen LogP contribution is 2.36. The summed E-state index contributed by atoms with van der Waals surface area (Å²) in [6.45, 7) is 7.32. The average Bonchev–Trinajstić information content (AvgIpc) is 2.88. The molecule has 1 aromatic rings. The number of rotatable bonds is 7. The van der Waals surface area contributed by atoms with Gasteiger partial charge in [0.15, 0.2) is 0 Å². The lowest BCUT2D eigenvalue weighted by atomic mass is 9.86. The van der Waals surface area contributed by atoms with E-state index in [4.69, 9.17) is 9.47 Å². The van der Waals surface area contributed by atoms with Crippen molar-refractivity contribution in [2.75, 3.05) is 13.7 Å². The Labute approximate surface area is 153 Å². The van der Waals surface area contributed by atoms with E-state index in [1.807, 2.05) is 19.9 Å². The number of aryl methyl sites for hydroxylation is 1. The van der Waals surface area contributed by atoms with Gasteiger partial charge in [0.1, 0.15) is 17.3 Å². The summed E-state index contributed by atoms with van der Waals surface area (Å²) in [6.07, 6.45) is 0.651. The van der Waals surface area contributed by atoms with E-state index in [1.165, 1.54) is 0 Å². The first-order valence-electron chi connectivity index (χ1n) is 8.83. The van der Waals surface area contributed by atoms with E-state index in [2.05, 4.69) is 5.32 Å². The summed E-state index contributed by atoms with van der Waals surface area (Å²) in [6, 6.07) is 3.85. The van der Waals surface area contributed by atoms with Gasteiger partial charge in [-0.2, -0.15) is 0 Å². The molecular formula is C19H26N2O5. The van der Waals surface area contributed by atoms with Crippen LogP contribution in [0.3, 0.4) is 0 Å². The van der Waals surface area contributed by atoms with Crippen LogP contribution in [-0.2, 0) is 19.9 Å². The van der Waals surface area contributed by atoms with Crippen LogP contribution < -0.4 is 10.1 Å². The minimum atomic E-state index is -1.20. The fraction of sp³-hybridized carbons (Fsp3) is 0.526. The number of carbonyl (C=O) groups excluding carboxylic acids is 3. The van der Waals surface area contributed by atoms with Gasteiger partial charge in [0.2, 0.25) is 0 Å². The summed E-state index contributed by atoms with van der Waals surface area (Å²) >= 11 is 0. The quantitative estimate of drug-likeness (QED) is 0.595. The van der Waals surface area contributed by atoms with E-state index in [-0.39, 0.29) is 6.61 Å². The monoisotopic (exact) mass is 362 g/mol. The molecule has 3 amide bonds. The van der Waals surface area contributed by atoms with Crippen LogP contribution in [0.25, 0.3) is 0 Å². The Morgan fingerprint density at radius 3 is 2.46 bits per heavy atom. The van der Waals surface area contributed by atoms with E-state index in [9.17, 15) is 14.4 Å². The van der Waals surface area contributed by atoms with Crippen molar-refractivity contribution in [3.63, 3.8) is 0 Å². The average molecular weight is 362 g/mol. The number of ether oxygens (including phenoxy) is 2. The van der Waals surface area contributed by atoms with Gasteiger partial charge < -0.3 is 14.8 Å². The van der Waals surface area contributed by atoms with Gasteiger partial charge in [0.05, 0.1) is 13.7 Å². The lowest BCUT2D eigenvalue weighted by molar-refractivity contribution is -0.152. The molecule has 1 heterocycles. The van der Waals surface area contributed by atoms with E-state index >= 15 is 0 Å². The van der Waals surface area contributed by atoms with Gasteiger partial charge in [-0.1, -0.05) is 19.9 Å². The smallest absolute Gasteiger partial charge is 0.329 e. The number of esters is 1. The first-order valence-corrected chi connectivity index (χ1v) is 8.83. The maximum absolute atomic E-state index is 13.2. The number of carbonyl (C=O) groups is 3. The Hall–Kier alpha value is -2.57. The van der Waals surface area contributed by atoms with Gasteiger partial charge in [-0.05, 0) is 49.9 Å². The molecule has 1 N–H and O–H groups in total. The van der Waals surface area contributed by atoms with Crippen LogP contribution in [0.2, 0.25) is 0 Å². The molecule has 7 nitrogen and oxygen atoms in total. The molecule has 7 heteroatoms. The van der Waals surface area contributed by atoms with Crippen LogP contribution in [-0.4, -0.2) is 42.6 Å². The fourth-order valence-electron chi connectivity index (χ4n) is 3.35. The van der Waals surface area contributed by atoms with E-state index in [1.54, 1.807) is 33.1 Å². The van der Waals surface area contributed by atoms with Crippen molar-refractivity contribution >= 4 is 17.9 Å². The second-order valence-electron chi connectivity index (χ2n) is 6.22. The SMILES string of the molecule is CCOC(=O)C(CC)N1C(=O)NC(CC)(c2ccc(OC)c(C)c2)C1=O. The summed E-state index contributed by atoms with van der Waals surface area (Å²) in [5, 5.41) is 2.80. The Morgan fingerprint density at radius 2 is 1.96 bits per heavy atom. The molecule has 0 aromatic heterocycles. The molecule has 0 saturated carbocycles. The number of methoxy groups -OCH3 is 1. The van der Waals surface area contributed by atoms with Gasteiger partial charge >= 0.3 is 12.0 Å². The third-order valence-corrected chi connectivity index (χ3v) is 4.80. The third kappa shape index (κ3) is 3.13. The predicted octanol–water partition coefficient (Wildman–Crippen LogP) is 2.50. The Bertz CT molecular complexity index is 718. The second kappa shape index (κ2) is 7.76. The minimum Gasteiger partial charge on any atom is -0.496 e. The molecule has 2 unspecified atom stereocenters. The molecule has 142 valence electrons. The molecule has 0 radical (unpaired) electrons. The zero-order valence-corrected chi connectivity index (χ0v) is 15.9. The van der Waals surface area contributed by atoms with Crippen molar-refractivity contribution < 1.29 is 23.9 Å². The normalized spacial score (nSPS) is 20.7. The predicted molar refractivity (Wildman–Crippen MR) is 95.8 cm³/mol. The molecule has 1 fully saturated rings. The number of hydrogen-bond donors (Lipinski definition) is 1. The topological polar surface area (TPSA) is 84.9 Å². The number of nitrogens with one attached hydrogen (secondary N) is 1. The van der Waals surface area contributed by atoms with Crippen LogP contribution >= 0.6 is 0 Å². The number of benzene rings is 1. The van der Waals surface area contributed by atoms with E-state index < -0.39 is 29.5 Å². The largest absolute Gasteiger partial charge is 0.496 e. The first kappa shape index (κ1) is 19.8. The molecule has 1 aliphatic rings. The van der Waals surface area contributed by atoms with Gasteiger partial charge in [-0.3, -0.25) is 4.79 Å². The highest BCUT2D eigenvalue weighted by atomic mass is 16.5. The lowest BCUT2D eigenvalue weighted by Gasteiger charge is -2.28.